The fraction of sp³-hybridized carbons (Fsp3) is 0.341. The minimum Gasteiger partial charge on any atom is -0.486 e. The van der Waals surface area contributed by atoms with Crippen LogP contribution in [0.5, 0.6) is 0 Å². The van der Waals surface area contributed by atoms with Crippen LogP contribution in [0.4, 0.5) is 0 Å². The zero-order chi connectivity index (χ0) is 35.0. The molecule has 8 rings (SSSR count). The van der Waals surface area contributed by atoms with Gasteiger partial charge in [-0.25, -0.2) is 4.98 Å². The molecule has 0 atom stereocenters. The van der Waals surface area contributed by atoms with Crippen LogP contribution >= 0.6 is 0 Å². The molecule has 51 heavy (non-hydrogen) atoms. The summed E-state index contributed by atoms with van der Waals surface area (Å²) < 4.78 is 8.45. The van der Waals surface area contributed by atoms with E-state index >= 15 is 0 Å². The standard InChI is InChI=1S/C23H20N3O.C21H28NSi.Ir/c1-14-12-13-16-15-8-7-9-17(20(15)27-22(16)24-14)21-25-18-10-5-6-11-19(18)26(21)23(2,3)4;1-23(2,3)21-16-22-20(18-12-8-5-9-13-18)15-19(21)14-17-10-6-4-7-11-17;/h5-8,10-13H,1-4H3;5,8-9,12,15-17H,4,6-7,10-11,14H2,1-3H3;/q2*-1;. The molecule has 7 aromatic rings. The number of aromatic nitrogens is 4. The van der Waals surface area contributed by atoms with Crippen LogP contribution in [0.2, 0.25) is 19.6 Å². The van der Waals surface area contributed by atoms with E-state index in [1.807, 2.05) is 55.5 Å². The molecule has 1 radical (unpaired) electrons. The Morgan fingerprint density at radius 2 is 1.63 bits per heavy atom. The van der Waals surface area contributed by atoms with Gasteiger partial charge >= 0.3 is 0 Å². The summed E-state index contributed by atoms with van der Waals surface area (Å²) in [6, 6.07) is 33.5. The number of furan rings is 1. The van der Waals surface area contributed by atoms with Crippen molar-refractivity contribution >= 4 is 46.4 Å². The van der Waals surface area contributed by atoms with E-state index in [9.17, 15) is 0 Å². The number of imidazole rings is 1. The molecule has 0 bridgehead atoms. The Labute approximate surface area is 317 Å². The maximum Gasteiger partial charge on any atom is 0.216 e. The van der Waals surface area contributed by atoms with Crippen LogP contribution in [-0.2, 0) is 32.1 Å². The van der Waals surface area contributed by atoms with Gasteiger partial charge in [0.05, 0.1) is 30.5 Å². The molecule has 265 valence electrons. The Bertz CT molecular complexity index is 2270. The van der Waals surface area contributed by atoms with E-state index in [0.717, 1.165) is 61.6 Å². The second kappa shape index (κ2) is 15.0. The molecule has 0 N–H and O–H groups in total. The average Bonchev–Trinajstić information content (AvgIpc) is 3.67. The van der Waals surface area contributed by atoms with Crippen molar-refractivity contribution in [1.82, 2.24) is 19.5 Å². The predicted molar refractivity (Wildman–Crippen MR) is 211 cm³/mol. The van der Waals surface area contributed by atoms with E-state index in [0.29, 0.717) is 5.71 Å². The van der Waals surface area contributed by atoms with Crippen molar-refractivity contribution in [3.8, 4) is 22.6 Å². The van der Waals surface area contributed by atoms with Crippen LogP contribution < -0.4 is 5.19 Å². The predicted octanol–water partition coefficient (Wildman–Crippen LogP) is 11.1. The van der Waals surface area contributed by atoms with Crippen LogP contribution in [0.1, 0.15) is 64.1 Å². The number of benzene rings is 3. The third-order valence-electron chi connectivity index (χ3n) is 9.91. The molecule has 3 aromatic carbocycles. The molecule has 0 unspecified atom stereocenters. The van der Waals surface area contributed by atoms with E-state index in [2.05, 4.69) is 98.6 Å². The number of fused-ring (bicyclic) bond motifs is 4. The number of hydrogen-bond acceptors (Lipinski definition) is 4. The molecule has 1 aliphatic carbocycles. The number of aryl methyl sites for hydroxylation is 1. The van der Waals surface area contributed by atoms with Gasteiger partial charge in [0.1, 0.15) is 0 Å². The summed E-state index contributed by atoms with van der Waals surface area (Å²) >= 11 is 0. The minimum atomic E-state index is -1.36. The van der Waals surface area contributed by atoms with E-state index < -0.39 is 8.07 Å². The number of hydrogen-bond donors (Lipinski definition) is 0. The largest absolute Gasteiger partial charge is 0.486 e. The minimum absolute atomic E-state index is 0. The first-order valence-electron chi connectivity index (χ1n) is 18.1. The van der Waals surface area contributed by atoms with Gasteiger partial charge in [-0.3, -0.25) is 4.98 Å². The smallest absolute Gasteiger partial charge is 0.216 e. The molecule has 0 aliphatic heterocycles. The van der Waals surface area contributed by atoms with E-state index in [4.69, 9.17) is 14.4 Å². The van der Waals surface area contributed by atoms with Crippen molar-refractivity contribution in [3.05, 3.63) is 108 Å². The van der Waals surface area contributed by atoms with Gasteiger partial charge in [-0.1, -0.05) is 86.5 Å². The average molecular weight is 869 g/mol. The molecule has 4 aromatic heterocycles. The molecule has 1 aliphatic rings. The van der Waals surface area contributed by atoms with Gasteiger partial charge in [-0.15, -0.1) is 54.1 Å². The molecule has 7 heteroatoms. The maximum absolute atomic E-state index is 6.19. The molecule has 1 fully saturated rings. The summed E-state index contributed by atoms with van der Waals surface area (Å²) in [5.74, 6) is 1.74. The Morgan fingerprint density at radius 3 is 2.35 bits per heavy atom. The first-order chi connectivity index (χ1) is 24.0. The summed E-state index contributed by atoms with van der Waals surface area (Å²) in [5.41, 5.74) is 8.94. The van der Waals surface area contributed by atoms with Gasteiger partial charge in [0.2, 0.25) is 5.71 Å². The summed E-state index contributed by atoms with van der Waals surface area (Å²) in [4.78, 5) is 14.3. The zero-order valence-electron chi connectivity index (χ0n) is 30.9. The second-order valence-corrected chi connectivity index (χ2v) is 20.9. The first-order valence-corrected chi connectivity index (χ1v) is 21.6. The molecule has 0 amide bonds. The van der Waals surface area contributed by atoms with Crippen LogP contribution in [0.15, 0.2) is 89.5 Å². The first kappa shape index (κ1) is 36.9. The van der Waals surface area contributed by atoms with Crippen molar-refractivity contribution in [2.75, 3.05) is 0 Å². The molecule has 0 spiro atoms. The van der Waals surface area contributed by atoms with E-state index in [-0.39, 0.29) is 25.6 Å². The van der Waals surface area contributed by atoms with Crippen molar-refractivity contribution in [2.24, 2.45) is 5.92 Å². The van der Waals surface area contributed by atoms with Crippen LogP contribution in [0.25, 0.3) is 55.7 Å². The van der Waals surface area contributed by atoms with Gasteiger partial charge in [0, 0.05) is 42.9 Å². The molecule has 1 saturated carbocycles. The topological polar surface area (TPSA) is 56.7 Å². The Kier molecular flexibility index (Phi) is 10.8. The third-order valence-corrected chi connectivity index (χ3v) is 12.0. The third kappa shape index (κ3) is 7.81. The van der Waals surface area contributed by atoms with Gasteiger partial charge in [-0.2, -0.15) is 0 Å². The van der Waals surface area contributed by atoms with Crippen molar-refractivity contribution < 1.29 is 24.5 Å². The Balaban J connectivity index is 0.000000175. The van der Waals surface area contributed by atoms with Crippen LogP contribution in [0.3, 0.4) is 0 Å². The van der Waals surface area contributed by atoms with Crippen LogP contribution in [0, 0.1) is 25.0 Å². The number of pyridine rings is 2. The molecular formula is C44H48IrN4OSi-2. The summed E-state index contributed by atoms with van der Waals surface area (Å²) in [6.07, 6.45) is 10.5. The summed E-state index contributed by atoms with van der Waals surface area (Å²) in [7, 11) is -1.36. The van der Waals surface area contributed by atoms with E-state index in [1.54, 1.807) is 10.8 Å². The quantitative estimate of drug-likeness (QED) is 0.128. The van der Waals surface area contributed by atoms with Crippen LogP contribution in [-0.4, -0.2) is 27.6 Å². The number of nitrogens with zero attached hydrogens (tertiary/aromatic N) is 4. The summed E-state index contributed by atoms with van der Waals surface area (Å²) in [5, 5.41) is 3.60. The monoisotopic (exact) mass is 869 g/mol. The molecular weight excluding hydrogens is 821 g/mol. The van der Waals surface area contributed by atoms with Crippen molar-refractivity contribution in [3.63, 3.8) is 0 Å². The SMILES string of the molecule is C[Si](C)(C)c1cnc(-c2[c-]cccc2)cc1CC1CCCCC1.Cc1ccc2c(n1)oc1c(-c3nc4ccccc4n3C(C)(C)C)[c-]ccc12.[Ir]. The summed E-state index contributed by atoms with van der Waals surface area (Å²) in [6.45, 7) is 15.8. The second-order valence-electron chi connectivity index (χ2n) is 15.9. The Hall–Kier alpha value is -3.90. The van der Waals surface area contributed by atoms with Gasteiger partial charge < -0.3 is 14.0 Å². The fourth-order valence-electron chi connectivity index (χ4n) is 7.50. The van der Waals surface area contributed by atoms with E-state index in [1.165, 1.54) is 38.5 Å². The number of para-hydroxylation sites is 2. The van der Waals surface area contributed by atoms with Crippen molar-refractivity contribution in [2.45, 2.75) is 91.4 Å². The molecule has 0 saturated heterocycles. The molecule has 5 nitrogen and oxygen atoms in total. The zero-order valence-corrected chi connectivity index (χ0v) is 34.3. The number of rotatable bonds is 5. The van der Waals surface area contributed by atoms with Gasteiger partial charge in [0.25, 0.3) is 0 Å². The molecule has 4 heterocycles. The van der Waals surface area contributed by atoms with Crippen molar-refractivity contribution in [1.29, 1.82) is 0 Å². The maximum atomic E-state index is 6.19. The van der Waals surface area contributed by atoms with Gasteiger partial charge in [-0.05, 0) is 75.2 Å². The van der Waals surface area contributed by atoms with Gasteiger partial charge in [0.15, 0.2) is 0 Å². The normalized spacial score (nSPS) is 14.0. The fourth-order valence-corrected chi connectivity index (χ4v) is 9.09. The Morgan fingerprint density at radius 1 is 0.863 bits per heavy atom.